The monoisotopic (exact) mass is 412 g/mol. The molecule has 0 saturated heterocycles. The molecule has 28 heavy (non-hydrogen) atoms. The van der Waals surface area contributed by atoms with E-state index in [9.17, 15) is 9.59 Å². The van der Waals surface area contributed by atoms with Gasteiger partial charge in [-0.3, -0.25) is 14.2 Å². The molecular weight excluding hydrogens is 392 g/mol. The Balaban J connectivity index is 1.75. The number of likely N-dealkylation sites (N-methyl/N-ethyl adjacent to an activating group) is 1. The topological polar surface area (TPSA) is 70.1 Å². The van der Waals surface area contributed by atoms with Gasteiger partial charge in [0.2, 0.25) is 5.91 Å². The molecule has 2 aromatic carbocycles. The van der Waals surface area contributed by atoms with Crippen LogP contribution in [0.1, 0.15) is 10.5 Å². The Morgan fingerprint density at radius 1 is 1.14 bits per heavy atom. The van der Waals surface area contributed by atoms with E-state index in [4.69, 9.17) is 12.2 Å². The van der Waals surface area contributed by atoms with E-state index < -0.39 is 0 Å². The molecule has 0 fully saturated rings. The maximum Gasteiger partial charge on any atom is 0.272 e. The molecule has 0 unspecified atom stereocenters. The molecule has 0 aliphatic rings. The van der Waals surface area contributed by atoms with E-state index in [0.717, 1.165) is 16.3 Å². The first-order valence-electron chi connectivity index (χ1n) is 8.55. The summed E-state index contributed by atoms with van der Waals surface area (Å²) in [5.41, 5.74) is 1.88. The van der Waals surface area contributed by atoms with Crippen molar-refractivity contribution in [1.82, 2.24) is 14.5 Å². The van der Waals surface area contributed by atoms with Gasteiger partial charge in [-0.25, -0.2) is 0 Å². The van der Waals surface area contributed by atoms with Crippen molar-refractivity contribution >= 4 is 41.5 Å². The first-order chi connectivity index (χ1) is 13.5. The number of nitrogens with zero attached hydrogens (tertiary/aromatic N) is 2. The van der Waals surface area contributed by atoms with Crippen LogP contribution in [-0.2, 0) is 4.79 Å². The number of hydrogen-bond donors (Lipinski definition) is 2. The number of carbonyl (C=O) groups excluding carboxylic acids is 2. The minimum atomic E-state index is -0.301. The van der Waals surface area contributed by atoms with Gasteiger partial charge in [0.25, 0.3) is 5.91 Å². The van der Waals surface area contributed by atoms with Gasteiger partial charge in [-0.15, -0.1) is 11.8 Å². The largest absolute Gasteiger partial charge is 0.336 e. The SMILES string of the molecule is CSc1ccccc1NC(=O)CN(C)C(=O)c1c[nH]c(=S)n1-c1ccccc1. The first-order valence-corrected chi connectivity index (χ1v) is 10.2. The fraction of sp³-hybridized carbons (Fsp3) is 0.150. The number of H-pyrrole nitrogens is 1. The number of thioether (sulfide) groups is 1. The zero-order valence-electron chi connectivity index (χ0n) is 15.5. The smallest absolute Gasteiger partial charge is 0.272 e. The summed E-state index contributed by atoms with van der Waals surface area (Å²) in [6.45, 7) is -0.0751. The molecule has 2 N–H and O–H groups in total. The average molecular weight is 413 g/mol. The van der Waals surface area contributed by atoms with Crippen molar-refractivity contribution in [2.24, 2.45) is 0 Å². The first kappa shape index (κ1) is 19.9. The Labute approximate surface area is 172 Å². The molecule has 3 aromatic rings. The van der Waals surface area contributed by atoms with Crippen LogP contribution in [0.4, 0.5) is 5.69 Å². The summed E-state index contributed by atoms with van der Waals surface area (Å²) >= 11 is 6.87. The zero-order chi connectivity index (χ0) is 20.1. The lowest BCUT2D eigenvalue weighted by Crippen LogP contribution is -2.35. The fourth-order valence-corrected chi connectivity index (χ4v) is 3.60. The van der Waals surface area contributed by atoms with Crippen molar-refractivity contribution in [3.63, 3.8) is 0 Å². The number of aromatic amines is 1. The van der Waals surface area contributed by atoms with Crippen molar-refractivity contribution in [2.75, 3.05) is 25.2 Å². The summed E-state index contributed by atoms with van der Waals surface area (Å²) < 4.78 is 2.08. The molecule has 0 saturated carbocycles. The van der Waals surface area contributed by atoms with E-state index in [0.29, 0.717) is 10.5 Å². The lowest BCUT2D eigenvalue weighted by atomic mass is 10.3. The van der Waals surface area contributed by atoms with E-state index in [1.54, 1.807) is 29.6 Å². The number of nitrogens with one attached hydrogen (secondary N) is 2. The maximum absolute atomic E-state index is 12.9. The van der Waals surface area contributed by atoms with Crippen LogP contribution in [0.2, 0.25) is 0 Å². The summed E-state index contributed by atoms with van der Waals surface area (Å²) in [6.07, 6.45) is 3.51. The van der Waals surface area contributed by atoms with Gasteiger partial charge in [0.05, 0.1) is 12.2 Å². The number of imidazole rings is 1. The van der Waals surface area contributed by atoms with Gasteiger partial charge < -0.3 is 15.2 Å². The predicted octanol–water partition coefficient (Wildman–Crippen LogP) is 3.97. The summed E-state index contributed by atoms with van der Waals surface area (Å²) in [4.78, 5) is 30.6. The summed E-state index contributed by atoms with van der Waals surface area (Å²) in [7, 11) is 1.59. The maximum atomic E-state index is 12.9. The Morgan fingerprint density at radius 2 is 1.82 bits per heavy atom. The standard InChI is InChI=1S/C20H20N4O2S2/c1-23(13-18(25)22-15-10-6-7-11-17(15)28-2)19(26)16-12-21-20(27)24(16)14-8-4-3-5-9-14/h3-12H,13H2,1-2H3,(H,21,27)(H,22,25). The molecule has 0 radical (unpaired) electrons. The van der Waals surface area contributed by atoms with Crippen molar-refractivity contribution < 1.29 is 9.59 Å². The minimum Gasteiger partial charge on any atom is -0.336 e. The quantitative estimate of drug-likeness (QED) is 0.475. The molecule has 1 heterocycles. The van der Waals surface area contributed by atoms with Crippen LogP contribution in [0, 0.1) is 4.77 Å². The van der Waals surface area contributed by atoms with Gasteiger partial charge in [-0.05, 0) is 42.7 Å². The molecule has 8 heteroatoms. The molecular formula is C20H20N4O2S2. The molecule has 0 bridgehead atoms. The molecule has 144 valence electrons. The van der Waals surface area contributed by atoms with Crippen LogP contribution in [-0.4, -0.2) is 46.1 Å². The average Bonchev–Trinajstić information content (AvgIpc) is 3.09. The molecule has 0 aliphatic carbocycles. The summed E-state index contributed by atoms with van der Waals surface area (Å²) in [5.74, 6) is -0.567. The third-order valence-electron chi connectivity index (χ3n) is 4.12. The number of para-hydroxylation sites is 2. The normalized spacial score (nSPS) is 10.5. The molecule has 0 spiro atoms. The zero-order valence-corrected chi connectivity index (χ0v) is 17.1. The third kappa shape index (κ3) is 4.35. The lowest BCUT2D eigenvalue weighted by Gasteiger charge is -2.18. The number of hydrogen-bond acceptors (Lipinski definition) is 4. The van der Waals surface area contributed by atoms with Gasteiger partial charge in [-0.1, -0.05) is 30.3 Å². The Kier molecular flexibility index (Phi) is 6.33. The number of anilines is 1. The Hall–Kier alpha value is -2.84. The molecule has 0 atom stereocenters. The van der Waals surface area contributed by atoms with E-state index >= 15 is 0 Å². The van der Waals surface area contributed by atoms with Gasteiger partial charge in [0.15, 0.2) is 4.77 Å². The van der Waals surface area contributed by atoms with Crippen LogP contribution in [0.15, 0.2) is 65.7 Å². The highest BCUT2D eigenvalue weighted by Crippen LogP contribution is 2.24. The number of amides is 2. The van der Waals surface area contributed by atoms with Gasteiger partial charge in [0.1, 0.15) is 5.69 Å². The fourth-order valence-electron chi connectivity index (χ4n) is 2.78. The van der Waals surface area contributed by atoms with Crippen molar-refractivity contribution in [2.45, 2.75) is 4.90 Å². The van der Waals surface area contributed by atoms with Crippen molar-refractivity contribution in [1.29, 1.82) is 0 Å². The molecule has 1 aromatic heterocycles. The summed E-state index contributed by atoms with van der Waals surface area (Å²) in [6, 6.07) is 16.9. The molecule has 2 amide bonds. The van der Waals surface area contributed by atoms with E-state index in [2.05, 4.69) is 10.3 Å². The number of benzene rings is 2. The highest BCUT2D eigenvalue weighted by Gasteiger charge is 2.20. The van der Waals surface area contributed by atoms with Crippen LogP contribution < -0.4 is 5.32 Å². The van der Waals surface area contributed by atoms with E-state index in [1.807, 2.05) is 60.9 Å². The molecule has 0 aliphatic heterocycles. The molecule has 3 rings (SSSR count). The van der Waals surface area contributed by atoms with Crippen LogP contribution in [0.3, 0.4) is 0 Å². The number of carbonyl (C=O) groups is 2. The highest BCUT2D eigenvalue weighted by atomic mass is 32.2. The Bertz CT molecular complexity index is 1040. The Morgan fingerprint density at radius 3 is 2.54 bits per heavy atom. The number of aromatic nitrogens is 2. The van der Waals surface area contributed by atoms with Gasteiger partial charge in [0, 0.05) is 23.8 Å². The minimum absolute atomic E-state index is 0.0751. The second kappa shape index (κ2) is 8.90. The van der Waals surface area contributed by atoms with Crippen molar-refractivity contribution in [3.05, 3.63) is 71.3 Å². The van der Waals surface area contributed by atoms with Gasteiger partial charge >= 0.3 is 0 Å². The highest BCUT2D eigenvalue weighted by molar-refractivity contribution is 7.98. The van der Waals surface area contributed by atoms with Gasteiger partial charge in [-0.2, -0.15) is 0 Å². The van der Waals surface area contributed by atoms with E-state index in [1.165, 1.54) is 4.90 Å². The molecule has 6 nitrogen and oxygen atoms in total. The second-order valence-electron chi connectivity index (χ2n) is 6.06. The van der Waals surface area contributed by atoms with Crippen molar-refractivity contribution in [3.8, 4) is 5.69 Å². The second-order valence-corrected chi connectivity index (χ2v) is 7.29. The predicted molar refractivity (Wildman–Crippen MR) is 115 cm³/mol. The van der Waals surface area contributed by atoms with Crippen LogP contribution in [0.25, 0.3) is 5.69 Å². The van der Waals surface area contributed by atoms with Crippen LogP contribution >= 0.6 is 24.0 Å². The summed E-state index contributed by atoms with van der Waals surface area (Å²) in [5, 5.41) is 2.86. The van der Waals surface area contributed by atoms with E-state index in [-0.39, 0.29) is 18.4 Å². The lowest BCUT2D eigenvalue weighted by molar-refractivity contribution is -0.116. The third-order valence-corrected chi connectivity index (χ3v) is 5.21. The van der Waals surface area contributed by atoms with Crippen LogP contribution in [0.5, 0.6) is 0 Å². The number of rotatable bonds is 6.